The van der Waals surface area contributed by atoms with Crippen molar-refractivity contribution in [2.45, 2.75) is 115 Å². The fourth-order valence-corrected chi connectivity index (χ4v) is 10.2. The Morgan fingerprint density at radius 2 is 1.85 bits per heavy atom. The number of amides is 1. The minimum atomic E-state index is -0.688. The second-order valence-corrected chi connectivity index (χ2v) is 14.0. The van der Waals surface area contributed by atoms with Crippen LogP contribution in [0.1, 0.15) is 103 Å². The van der Waals surface area contributed by atoms with Crippen LogP contribution in [0.3, 0.4) is 0 Å². The topological polar surface area (TPSA) is 92.0 Å². The smallest absolute Gasteiger partial charge is 0.410 e. The standard InChI is InChI=1S/C32H48N2O5/c1-4-33-23-12-17-34(18-13-23)29(36)39-24-9-14-30(2)22(19-24)6-7-27-26(30)10-15-31(3)25(11-16-32(27,31)37)21-5-8-28(35)38-20-21/h5,8,20,22-27,33,37H,4,6-7,9-19H2,1-3H3. The van der Waals surface area contributed by atoms with Crippen molar-refractivity contribution in [3.8, 4) is 0 Å². The van der Waals surface area contributed by atoms with Crippen LogP contribution in [0, 0.1) is 28.6 Å². The molecule has 2 heterocycles. The number of aliphatic hydroxyl groups is 1. The number of carbonyl (C=O) groups excluding carboxylic acids is 1. The van der Waals surface area contributed by atoms with Gasteiger partial charge < -0.3 is 24.5 Å². The van der Waals surface area contributed by atoms with E-state index in [1.165, 1.54) is 6.07 Å². The normalized spacial score (nSPS) is 42.4. The van der Waals surface area contributed by atoms with E-state index < -0.39 is 5.60 Å². The lowest BCUT2D eigenvalue weighted by Crippen LogP contribution is -2.62. The lowest BCUT2D eigenvalue weighted by Gasteiger charge is -2.63. The van der Waals surface area contributed by atoms with E-state index in [-0.39, 0.29) is 34.6 Å². The van der Waals surface area contributed by atoms with Crippen molar-refractivity contribution in [3.63, 3.8) is 0 Å². The number of piperidine rings is 1. The predicted octanol–water partition coefficient (Wildman–Crippen LogP) is 5.46. The van der Waals surface area contributed by atoms with Crippen molar-refractivity contribution in [1.29, 1.82) is 0 Å². The van der Waals surface area contributed by atoms with Crippen LogP contribution in [-0.2, 0) is 4.74 Å². The Morgan fingerprint density at radius 1 is 1.05 bits per heavy atom. The third-order valence-electron chi connectivity index (χ3n) is 12.4. The Kier molecular flexibility index (Phi) is 7.15. The van der Waals surface area contributed by atoms with Crippen molar-refractivity contribution in [2.24, 2.45) is 28.6 Å². The van der Waals surface area contributed by atoms with E-state index in [1.54, 1.807) is 6.26 Å². The Bertz CT molecular complexity index is 1090. The third kappa shape index (κ3) is 4.46. The maximum atomic E-state index is 13.0. The molecule has 1 saturated heterocycles. The van der Waals surface area contributed by atoms with Crippen LogP contribution in [0.25, 0.3) is 0 Å². The summed E-state index contributed by atoms with van der Waals surface area (Å²) in [5.74, 6) is 1.56. The van der Waals surface area contributed by atoms with Crippen molar-refractivity contribution < 1.29 is 19.1 Å². The third-order valence-corrected chi connectivity index (χ3v) is 12.4. The van der Waals surface area contributed by atoms with Crippen LogP contribution in [-0.4, -0.2) is 53.5 Å². The lowest BCUT2D eigenvalue weighted by molar-refractivity contribution is -0.205. The van der Waals surface area contributed by atoms with Crippen molar-refractivity contribution in [1.82, 2.24) is 10.2 Å². The molecule has 0 bridgehead atoms. The van der Waals surface area contributed by atoms with E-state index in [4.69, 9.17) is 9.15 Å². The largest absolute Gasteiger partial charge is 0.446 e. The van der Waals surface area contributed by atoms with E-state index in [2.05, 4.69) is 26.1 Å². The summed E-state index contributed by atoms with van der Waals surface area (Å²) in [6.07, 6.45) is 12.5. The molecule has 2 N–H and O–H groups in total. The summed E-state index contributed by atoms with van der Waals surface area (Å²) < 4.78 is 11.4. The number of nitrogens with zero attached hydrogens (tertiary/aromatic N) is 1. The molecule has 5 fully saturated rings. The summed E-state index contributed by atoms with van der Waals surface area (Å²) in [6.45, 7) is 9.43. The molecule has 1 aliphatic heterocycles. The van der Waals surface area contributed by atoms with Crippen molar-refractivity contribution >= 4 is 6.09 Å². The van der Waals surface area contributed by atoms with Crippen LogP contribution in [0.4, 0.5) is 4.79 Å². The average molecular weight is 541 g/mol. The summed E-state index contributed by atoms with van der Waals surface area (Å²) in [6, 6.07) is 3.94. The molecule has 5 aliphatic rings. The van der Waals surface area contributed by atoms with Crippen LogP contribution in [0.5, 0.6) is 0 Å². The molecule has 6 rings (SSSR count). The van der Waals surface area contributed by atoms with Gasteiger partial charge in [0.05, 0.1) is 11.9 Å². The quantitative estimate of drug-likeness (QED) is 0.527. The summed E-state index contributed by atoms with van der Waals surface area (Å²) in [7, 11) is 0. The summed E-state index contributed by atoms with van der Waals surface area (Å²) in [5.41, 5.74) is 0.0310. The predicted molar refractivity (Wildman–Crippen MR) is 149 cm³/mol. The molecule has 7 heteroatoms. The molecular formula is C32H48N2O5. The Hall–Kier alpha value is -1.86. The molecule has 1 amide bonds. The van der Waals surface area contributed by atoms with E-state index in [0.717, 1.165) is 95.8 Å². The van der Waals surface area contributed by atoms with Gasteiger partial charge in [-0.05, 0) is 118 Å². The SMILES string of the molecule is CCNC1CCN(C(=O)OC2CCC3(C)C(CCC4C3CCC3(C)C(c5ccc(=O)oc5)CCC43O)C2)CC1. The number of hydrogen-bond acceptors (Lipinski definition) is 6. The van der Waals surface area contributed by atoms with Gasteiger partial charge in [-0.3, -0.25) is 0 Å². The number of nitrogens with one attached hydrogen (secondary N) is 1. The zero-order chi connectivity index (χ0) is 27.4. The van der Waals surface area contributed by atoms with E-state index >= 15 is 0 Å². The maximum absolute atomic E-state index is 13.0. The monoisotopic (exact) mass is 540 g/mol. The fourth-order valence-electron chi connectivity index (χ4n) is 10.2. The first-order chi connectivity index (χ1) is 18.7. The Labute approximate surface area is 233 Å². The van der Waals surface area contributed by atoms with Gasteiger partial charge in [0, 0.05) is 30.6 Å². The van der Waals surface area contributed by atoms with E-state index in [0.29, 0.717) is 23.8 Å². The first kappa shape index (κ1) is 27.3. The van der Waals surface area contributed by atoms with Gasteiger partial charge in [0.25, 0.3) is 0 Å². The molecule has 39 heavy (non-hydrogen) atoms. The highest BCUT2D eigenvalue weighted by Gasteiger charge is 2.67. The van der Waals surface area contributed by atoms with Crippen LogP contribution in [0.2, 0.25) is 0 Å². The summed E-state index contributed by atoms with van der Waals surface area (Å²) in [4.78, 5) is 26.5. The molecule has 4 saturated carbocycles. The van der Waals surface area contributed by atoms with E-state index in [9.17, 15) is 14.7 Å². The zero-order valence-electron chi connectivity index (χ0n) is 24.1. The average Bonchev–Trinajstić information content (AvgIpc) is 3.21. The van der Waals surface area contributed by atoms with Gasteiger partial charge in [0.2, 0.25) is 0 Å². The zero-order valence-corrected chi connectivity index (χ0v) is 24.1. The Morgan fingerprint density at radius 3 is 2.56 bits per heavy atom. The second-order valence-electron chi connectivity index (χ2n) is 14.0. The highest BCUT2D eigenvalue weighted by Crippen LogP contribution is 2.70. The van der Waals surface area contributed by atoms with Gasteiger partial charge in [-0.25, -0.2) is 9.59 Å². The van der Waals surface area contributed by atoms with Gasteiger partial charge in [-0.1, -0.05) is 20.8 Å². The number of likely N-dealkylation sites (tertiary alicyclic amines) is 1. The lowest BCUT2D eigenvalue weighted by atomic mass is 9.43. The van der Waals surface area contributed by atoms with Gasteiger partial charge in [0.15, 0.2) is 0 Å². The molecule has 1 aromatic rings. The molecule has 0 spiro atoms. The minimum absolute atomic E-state index is 0.0131. The summed E-state index contributed by atoms with van der Waals surface area (Å²) >= 11 is 0. The molecule has 0 aromatic carbocycles. The molecular weight excluding hydrogens is 492 g/mol. The molecule has 8 atom stereocenters. The summed E-state index contributed by atoms with van der Waals surface area (Å²) in [5, 5.41) is 16.0. The van der Waals surface area contributed by atoms with Crippen LogP contribution in [0.15, 0.2) is 27.6 Å². The first-order valence-corrected chi connectivity index (χ1v) is 15.7. The van der Waals surface area contributed by atoms with Crippen molar-refractivity contribution in [3.05, 3.63) is 34.4 Å². The molecule has 1 aromatic heterocycles. The van der Waals surface area contributed by atoms with Crippen LogP contribution < -0.4 is 10.9 Å². The number of hydrogen-bond donors (Lipinski definition) is 2. The number of carbonyl (C=O) groups is 1. The maximum Gasteiger partial charge on any atom is 0.410 e. The van der Waals surface area contributed by atoms with Gasteiger partial charge in [-0.15, -0.1) is 0 Å². The highest BCUT2D eigenvalue weighted by molar-refractivity contribution is 5.68. The number of ether oxygens (including phenoxy) is 1. The van der Waals surface area contributed by atoms with Gasteiger partial charge >= 0.3 is 11.7 Å². The Balaban J connectivity index is 1.11. The van der Waals surface area contributed by atoms with E-state index in [1.807, 2.05) is 11.0 Å². The molecule has 7 nitrogen and oxygen atoms in total. The molecule has 0 radical (unpaired) electrons. The minimum Gasteiger partial charge on any atom is -0.446 e. The molecule has 216 valence electrons. The second kappa shape index (κ2) is 10.2. The van der Waals surface area contributed by atoms with Gasteiger partial charge in [-0.2, -0.15) is 0 Å². The molecule has 4 aliphatic carbocycles. The van der Waals surface area contributed by atoms with Crippen LogP contribution >= 0.6 is 0 Å². The molecule has 8 unspecified atom stereocenters. The van der Waals surface area contributed by atoms with Gasteiger partial charge in [0.1, 0.15) is 6.10 Å². The number of fused-ring (bicyclic) bond motifs is 5. The highest BCUT2D eigenvalue weighted by atomic mass is 16.6. The first-order valence-electron chi connectivity index (χ1n) is 15.7. The van der Waals surface area contributed by atoms with Crippen molar-refractivity contribution in [2.75, 3.05) is 19.6 Å². The fraction of sp³-hybridized carbons (Fsp3) is 0.812. The number of rotatable bonds is 4.